The minimum Gasteiger partial charge on any atom is -0.463 e. The van der Waals surface area contributed by atoms with Crippen molar-refractivity contribution in [2.75, 3.05) is 25.0 Å². The lowest BCUT2D eigenvalue weighted by molar-refractivity contribution is -0.137. The molecule has 0 atom stereocenters. The molecule has 1 heterocycles. The first kappa shape index (κ1) is 23.7. The molecule has 0 bridgehead atoms. The number of anilines is 1. The number of aryl methyl sites for hydroxylation is 1. The van der Waals surface area contributed by atoms with Gasteiger partial charge >= 0.3 is 5.97 Å². The van der Waals surface area contributed by atoms with Crippen LogP contribution in [0.4, 0.5) is 5.69 Å². The summed E-state index contributed by atoms with van der Waals surface area (Å²) in [6.45, 7) is 4.60. The van der Waals surface area contributed by atoms with E-state index in [1.165, 1.54) is 10.4 Å². The maximum Gasteiger partial charge on any atom is 0.330 e. The average molecular weight is 457 g/mol. The second-order valence-electron chi connectivity index (χ2n) is 7.69. The number of nitrogens with zero attached hydrogens (tertiary/aromatic N) is 1. The van der Waals surface area contributed by atoms with Crippen LogP contribution in [0.2, 0.25) is 0 Å². The van der Waals surface area contributed by atoms with Crippen LogP contribution in [0.3, 0.4) is 0 Å². The Labute approximate surface area is 189 Å². The number of nitrogens with one attached hydrogen (secondary N) is 1. The molecule has 1 aliphatic heterocycles. The summed E-state index contributed by atoms with van der Waals surface area (Å²) in [5, 5.41) is 2.89. The van der Waals surface area contributed by atoms with Crippen molar-refractivity contribution in [1.29, 1.82) is 0 Å². The monoisotopic (exact) mass is 456 g/mol. The van der Waals surface area contributed by atoms with E-state index in [9.17, 15) is 18.0 Å². The van der Waals surface area contributed by atoms with Crippen molar-refractivity contribution < 1.29 is 22.7 Å². The molecule has 3 rings (SSSR count). The minimum atomic E-state index is -3.54. The summed E-state index contributed by atoms with van der Waals surface area (Å²) in [6.07, 6.45) is 3.94. The molecule has 0 spiro atoms. The van der Waals surface area contributed by atoms with Crippen molar-refractivity contribution >= 4 is 33.7 Å². The smallest absolute Gasteiger partial charge is 0.330 e. The summed E-state index contributed by atoms with van der Waals surface area (Å²) in [4.78, 5) is 24.3. The van der Waals surface area contributed by atoms with Crippen molar-refractivity contribution in [3.05, 3.63) is 65.7 Å². The van der Waals surface area contributed by atoms with E-state index in [1.54, 1.807) is 61.5 Å². The molecule has 0 radical (unpaired) electrons. The lowest BCUT2D eigenvalue weighted by atomic mass is 9.97. The topological polar surface area (TPSA) is 92.8 Å². The van der Waals surface area contributed by atoms with E-state index in [-0.39, 0.29) is 16.7 Å². The van der Waals surface area contributed by atoms with Gasteiger partial charge in [0.05, 0.1) is 11.5 Å². The fourth-order valence-electron chi connectivity index (χ4n) is 3.49. The predicted octanol–water partition coefficient (Wildman–Crippen LogP) is 3.61. The lowest BCUT2D eigenvalue weighted by Crippen LogP contribution is -2.41. The molecule has 170 valence electrons. The van der Waals surface area contributed by atoms with E-state index < -0.39 is 16.0 Å². The Morgan fingerprint density at radius 1 is 1.06 bits per heavy atom. The number of carbonyl (C=O) groups is 2. The van der Waals surface area contributed by atoms with Crippen molar-refractivity contribution in [3.63, 3.8) is 0 Å². The highest BCUT2D eigenvalue weighted by Crippen LogP contribution is 2.25. The Morgan fingerprint density at radius 3 is 2.28 bits per heavy atom. The van der Waals surface area contributed by atoms with Gasteiger partial charge in [-0.05, 0) is 62.6 Å². The summed E-state index contributed by atoms with van der Waals surface area (Å²) in [7, 11) is -3.54. The van der Waals surface area contributed by atoms with Crippen LogP contribution in [0.5, 0.6) is 0 Å². The van der Waals surface area contributed by atoms with Gasteiger partial charge in [0.15, 0.2) is 0 Å². The van der Waals surface area contributed by atoms with Gasteiger partial charge in [0, 0.05) is 30.8 Å². The zero-order valence-corrected chi connectivity index (χ0v) is 19.1. The first-order valence-electron chi connectivity index (χ1n) is 10.6. The number of carbonyl (C=O) groups excluding carboxylic acids is 2. The van der Waals surface area contributed by atoms with Crippen LogP contribution in [0.1, 0.15) is 30.9 Å². The third kappa shape index (κ3) is 6.05. The lowest BCUT2D eigenvalue weighted by Gasteiger charge is -2.30. The van der Waals surface area contributed by atoms with E-state index in [4.69, 9.17) is 4.74 Å². The van der Waals surface area contributed by atoms with E-state index in [2.05, 4.69) is 5.32 Å². The van der Waals surface area contributed by atoms with Crippen LogP contribution in [0.15, 0.2) is 59.5 Å². The number of benzene rings is 2. The van der Waals surface area contributed by atoms with Crippen molar-refractivity contribution in [1.82, 2.24) is 4.31 Å². The Bertz CT molecular complexity index is 1070. The summed E-state index contributed by atoms with van der Waals surface area (Å²) in [5.74, 6) is -0.768. The maximum absolute atomic E-state index is 12.8. The second kappa shape index (κ2) is 10.6. The molecule has 0 aliphatic carbocycles. The molecule has 1 amide bonds. The van der Waals surface area contributed by atoms with Crippen molar-refractivity contribution in [2.45, 2.75) is 31.6 Å². The van der Waals surface area contributed by atoms with Gasteiger partial charge < -0.3 is 10.1 Å². The van der Waals surface area contributed by atoms with Gasteiger partial charge in [0.2, 0.25) is 15.9 Å². The maximum atomic E-state index is 12.8. The number of ether oxygens (including phenoxy) is 1. The largest absolute Gasteiger partial charge is 0.463 e. The second-order valence-corrected chi connectivity index (χ2v) is 9.63. The highest BCUT2D eigenvalue weighted by molar-refractivity contribution is 7.89. The molecular formula is C24H28N2O5S. The fourth-order valence-corrected chi connectivity index (χ4v) is 4.96. The molecule has 0 saturated carbocycles. The van der Waals surface area contributed by atoms with Crippen molar-refractivity contribution in [3.8, 4) is 0 Å². The first-order valence-corrected chi connectivity index (χ1v) is 12.1. The van der Waals surface area contributed by atoms with Crippen LogP contribution < -0.4 is 5.32 Å². The van der Waals surface area contributed by atoms with E-state index in [0.29, 0.717) is 38.2 Å². The standard InChI is InChI=1S/C24H28N2O5S/c1-3-31-23(27)13-8-19-6-9-21(10-7-19)25-24(28)20-14-16-26(17-15-20)32(29,30)22-11-4-18(2)5-12-22/h4-13,20H,3,14-17H2,1-2H3,(H,25,28)/b13-8+. The zero-order valence-electron chi connectivity index (χ0n) is 18.3. The predicted molar refractivity (Wildman–Crippen MR) is 123 cm³/mol. The number of esters is 1. The van der Waals surface area contributed by atoms with Gasteiger partial charge in [0.25, 0.3) is 0 Å². The molecule has 7 nitrogen and oxygen atoms in total. The third-order valence-corrected chi connectivity index (χ3v) is 7.27. The van der Waals surface area contributed by atoms with Gasteiger partial charge in [-0.3, -0.25) is 4.79 Å². The number of hydrogen-bond donors (Lipinski definition) is 1. The highest BCUT2D eigenvalue weighted by atomic mass is 32.2. The number of amides is 1. The molecule has 1 N–H and O–H groups in total. The van der Waals surface area contributed by atoms with E-state index in [0.717, 1.165) is 11.1 Å². The molecular weight excluding hydrogens is 428 g/mol. The Kier molecular flexibility index (Phi) is 7.82. The number of piperidine rings is 1. The third-order valence-electron chi connectivity index (χ3n) is 5.36. The van der Waals surface area contributed by atoms with Gasteiger partial charge in [-0.15, -0.1) is 0 Å². The normalized spacial score (nSPS) is 15.6. The fraction of sp³-hybridized carbons (Fsp3) is 0.333. The highest BCUT2D eigenvalue weighted by Gasteiger charge is 2.32. The quantitative estimate of drug-likeness (QED) is 0.508. The molecule has 1 fully saturated rings. The molecule has 0 unspecified atom stereocenters. The summed E-state index contributed by atoms with van der Waals surface area (Å²) in [5.41, 5.74) is 2.46. The number of sulfonamides is 1. The van der Waals surface area contributed by atoms with Gasteiger partial charge in [0.1, 0.15) is 0 Å². The van der Waals surface area contributed by atoms with Crippen LogP contribution >= 0.6 is 0 Å². The van der Waals surface area contributed by atoms with Crippen LogP contribution in [0, 0.1) is 12.8 Å². The summed E-state index contributed by atoms with van der Waals surface area (Å²) in [6, 6.07) is 13.9. The van der Waals surface area contributed by atoms with Gasteiger partial charge in [-0.25, -0.2) is 13.2 Å². The Hall–Kier alpha value is -2.97. The Balaban J connectivity index is 1.53. The summed E-state index contributed by atoms with van der Waals surface area (Å²) < 4.78 is 31.9. The SMILES string of the molecule is CCOC(=O)/C=C/c1ccc(NC(=O)C2CCN(S(=O)(=O)c3ccc(C)cc3)CC2)cc1. The molecule has 1 saturated heterocycles. The van der Waals surface area contributed by atoms with Crippen LogP contribution in [-0.2, 0) is 24.3 Å². The first-order chi connectivity index (χ1) is 15.3. The zero-order chi connectivity index (χ0) is 23.1. The minimum absolute atomic E-state index is 0.118. The Morgan fingerprint density at radius 2 is 1.69 bits per heavy atom. The molecule has 1 aliphatic rings. The van der Waals surface area contributed by atoms with Gasteiger partial charge in [-0.1, -0.05) is 29.8 Å². The van der Waals surface area contributed by atoms with Crippen LogP contribution in [0.25, 0.3) is 6.08 Å². The molecule has 2 aromatic rings. The molecule has 0 aromatic heterocycles. The van der Waals surface area contributed by atoms with Gasteiger partial charge in [-0.2, -0.15) is 4.31 Å². The van der Waals surface area contributed by atoms with E-state index in [1.807, 2.05) is 6.92 Å². The number of hydrogen-bond acceptors (Lipinski definition) is 5. The molecule has 2 aromatic carbocycles. The van der Waals surface area contributed by atoms with Crippen molar-refractivity contribution in [2.24, 2.45) is 5.92 Å². The van der Waals surface area contributed by atoms with Crippen LogP contribution in [-0.4, -0.2) is 44.3 Å². The molecule has 32 heavy (non-hydrogen) atoms. The molecule has 8 heteroatoms. The average Bonchev–Trinajstić information content (AvgIpc) is 2.79. The number of rotatable bonds is 7. The van der Waals surface area contributed by atoms with E-state index >= 15 is 0 Å². The summed E-state index contributed by atoms with van der Waals surface area (Å²) >= 11 is 0.